The van der Waals surface area contributed by atoms with E-state index in [1.54, 1.807) is 19.2 Å². The molecule has 1 N–H and O–H groups in total. The fourth-order valence-electron chi connectivity index (χ4n) is 3.69. The van der Waals surface area contributed by atoms with Gasteiger partial charge in [0.25, 0.3) is 15.9 Å². The van der Waals surface area contributed by atoms with Crippen LogP contribution in [0.4, 0.5) is 10.1 Å². The normalized spacial score (nSPS) is 12.3. The van der Waals surface area contributed by atoms with Crippen LogP contribution in [0, 0.1) is 19.7 Å². The van der Waals surface area contributed by atoms with E-state index in [0.29, 0.717) is 18.0 Å². The molecule has 0 aliphatic carbocycles. The third-order valence-corrected chi connectivity index (χ3v) is 7.94. The van der Waals surface area contributed by atoms with Crippen molar-refractivity contribution in [1.82, 2.24) is 4.57 Å². The molecule has 0 aliphatic rings. The van der Waals surface area contributed by atoms with Crippen LogP contribution in [0.5, 0.6) is 0 Å². The first-order valence-electron chi connectivity index (χ1n) is 10.7. The van der Waals surface area contributed by atoms with Crippen LogP contribution in [0.2, 0.25) is 0 Å². The molecule has 0 unspecified atom stereocenters. The first kappa shape index (κ1) is 24.8. The van der Waals surface area contributed by atoms with Crippen molar-refractivity contribution < 1.29 is 22.3 Å². The average Bonchev–Trinajstić information content (AvgIpc) is 3.15. The lowest BCUT2D eigenvalue weighted by Crippen LogP contribution is -2.19. The summed E-state index contributed by atoms with van der Waals surface area (Å²) in [5, 5.41) is 0. The smallest absolute Gasteiger partial charge is 0.279 e. The van der Waals surface area contributed by atoms with Crippen molar-refractivity contribution in [2.45, 2.75) is 25.3 Å². The number of carbonyl (C=O) groups is 1. The average molecular weight is 514 g/mol. The van der Waals surface area contributed by atoms with Gasteiger partial charge in [-0.3, -0.25) is 9.52 Å². The molecular weight excluding hydrogens is 489 g/mol. The van der Waals surface area contributed by atoms with Gasteiger partial charge in [-0.2, -0.15) is 4.99 Å². The van der Waals surface area contributed by atoms with Crippen LogP contribution in [-0.2, 0) is 21.3 Å². The monoisotopic (exact) mass is 513 g/mol. The van der Waals surface area contributed by atoms with Crippen LogP contribution in [0.1, 0.15) is 21.5 Å². The summed E-state index contributed by atoms with van der Waals surface area (Å²) in [6.45, 7) is 5.03. The number of fused-ring (bicyclic) bond motifs is 1. The zero-order chi connectivity index (χ0) is 25.2. The third kappa shape index (κ3) is 5.50. The molecule has 4 aromatic rings. The van der Waals surface area contributed by atoms with E-state index in [1.807, 2.05) is 18.4 Å². The number of amides is 1. The van der Waals surface area contributed by atoms with Crippen molar-refractivity contribution in [2.75, 3.05) is 18.4 Å². The predicted molar refractivity (Wildman–Crippen MR) is 135 cm³/mol. The molecule has 0 spiro atoms. The largest absolute Gasteiger partial charge is 0.383 e. The van der Waals surface area contributed by atoms with Gasteiger partial charge in [0.2, 0.25) is 0 Å². The Kier molecular flexibility index (Phi) is 7.15. The number of hydrogen-bond donors (Lipinski definition) is 1. The number of benzene rings is 3. The van der Waals surface area contributed by atoms with Gasteiger partial charge in [0.05, 0.1) is 21.7 Å². The number of hydrogen-bond acceptors (Lipinski definition) is 5. The maximum atomic E-state index is 13.2. The van der Waals surface area contributed by atoms with Crippen LogP contribution in [-0.4, -0.2) is 32.6 Å². The molecule has 35 heavy (non-hydrogen) atoms. The van der Waals surface area contributed by atoms with Gasteiger partial charge in [-0.05, 0) is 73.5 Å². The maximum Gasteiger partial charge on any atom is 0.279 e. The van der Waals surface area contributed by atoms with Gasteiger partial charge in [-0.25, -0.2) is 12.8 Å². The second-order valence-corrected chi connectivity index (χ2v) is 10.7. The number of ether oxygens (including phenoxy) is 1. The van der Waals surface area contributed by atoms with Crippen molar-refractivity contribution in [1.29, 1.82) is 0 Å². The van der Waals surface area contributed by atoms with Crippen LogP contribution in [0.15, 0.2) is 70.6 Å². The van der Waals surface area contributed by atoms with E-state index >= 15 is 0 Å². The highest BCUT2D eigenvalue weighted by atomic mass is 32.2. The summed E-state index contributed by atoms with van der Waals surface area (Å²) in [5.41, 5.74) is 3.62. The second kappa shape index (κ2) is 10.1. The minimum absolute atomic E-state index is 0.0876. The number of carbonyl (C=O) groups excluding carboxylic acids is 1. The number of methoxy groups -OCH3 is 1. The van der Waals surface area contributed by atoms with E-state index in [4.69, 9.17) is 4.74 Å². The Morgan fingerprint density at radius 3 is 2.57 bits per heavy atom. The molecule has 182 valence electrons. The Bertz CT molecular complexity index is 1570. The van der Waals surface area contributed by atoms with Gasteiger partial charge >= 0.3 is 0 Å². The van der Waals surface area contributed by atoms with E-state index in [1.165, 1.54) is 35.6 Å². The number of halogens is 1. The minimum atomic E-state index is -3.95. The summed E-state index contributed by atoms with van der Waals surface area (Å²) in [6.07, 6.45) is 0. The van der Waals surface area contributed by atoms with Crippen molar-refractivity contribution >= 4 is 43.2 Å². The lowest BCUT2D eigenvalue weighted by Gasteiger charge is -2.09. The molecule has 1 heterocycles. The zero-order valence-electron chi connectivity index (χ0n) is 19.4. The fraction of sp³-hybridized carbons (Fsp3) is 0.200. The molecule has 0 saturated carbocycles. The predicted octanol–water partition coefficient (Wildman–Crippen LogP) is 4.65. The zero-order valence-corrected chi connectivity index (χ0v) is 21.0. The standard InChI is InChI=1S/C25H24FN3O4S2/c1-16-13-17(2)23-22(14-16)29(11-12-33-3)25(34-23)27-24(30)18-5-4-6-20(15-18)28-35(31,32)21-9-7-19(26)8-10-21/h4-10,13-15,28H,11-12H2,1-3H3. The summed E-state index contributed by atoms with van der Waals surface area (Å²) in [4.78, 5) is 17.9. The lowest BCUT2D eigenvalue weighted by atomic mass is 10.1. The summed E-state index contributed by atoms with van der Waals surface area (Å²) in [7, 11) is -2.33. The Morgan fingerprint density at radius 2 is 1.86 bits per heavy atom. The van der Waals surface area contributed by atoms with E-state index in [-0.39, 0.29) is 16.1 Å². The number of aryl methyl sites for hydroxylation is 2. The molecule has 0 bridgehead atoms. The molecule has 1 aromatic heterocycles. The van der Waals surface area contributed by atoms with E-state index in [9.17, 15) is 17.6 Å². The molecule has 4 rings (SSSR count). The summed E-state index contributed by atoms with van der Waals surface area (Å²) in [5.74, 6) is -1.03. The topological polar surface area (TPSA) is 89.8 Å². The SMILES string of the molecule is COCCn1c(=NC(=O)c2cccc(NS(=O)(=O)c3ccc(F)cc3)c2)sc2c(C)cc(C)cc21. The molecular formula is C25H24FN3O4S2. The van der Waals surface area contributed by atoms with E-state index in [0.717, 1.165) is 33.5 Å². The number of anilines is 1. The van der Waals surface area contributed by atoms with Gasteiger partial charge < -0.3 is 9.30 Å². The molecule has 10 heteroatoms. The number of nitrogens with one attached hydrogen (secondary N) is 1. The molecule has 1 amide bonds. The van der Waals surface area contributed by atoms with Gasteiger partial charge in [0.15, 0.2) is 4.80 Å². The van der Waals surface area contributed by atoms with E-state index in [2.05, 4.69) is 21.8 Å². The Labute approximate surface area is 206 Å². The number of thiazole rings is 1. The van der Waals surface area contributed by atoms with E-state index < -0.39 is 21.7 Å². The quantitative estimate of drug-likeness (QED) is 0.390. The third-order valence-electron chi connectivity index (χ3n) is 5.32. The summed E-state index contributed by atoms with van der Waals surface area (Å²) in [6, 6.07) is 14.7. The summed E-state index contributed by atoms with van der Waals surface area (Å²) >= 11 is 1.42. The summed E-state index contributed by atoms with van der Waals surface area (Å²) < 4.78 is 49.1. The highest BCUT2D eigenvalue weighted by molar-refractivity contribution is 7.92. The highest BCUT2D eigenvalue weighted by Gasteiger charge is 2.16. The maximum absolute atomic E-state index is 13.2. The minimum Gasteiger partial charge on any atom is -0.383 e. The van der Waals surface area contributed by atoms with Crippen LogP contribution < -0.4 is 9.52 Å². The van der Waals surface area contributed by atoms with Crippen LogP contribution in [0.25, 0.3) is 10.2 Å². The van der Waals surface area contributed by atoms with Crippen LogP contribution >= 0.6 is 11.3 Å². The van der Waals surface area contributed by atoms with Crippen molar-refractivity contribution in [3.05, 3.63) is 88.0 Å². The molecule has 0 atom stereocenters. The number of nitrogens with zero attached hydrogens (tertiary/aromatic N) is 2. The lowest BCUT2D eigenvalue weighted by molar-refractivity contribution is 0.0997. The van der Waals surface area contributed by atoms with Crippen molar-refractivity contribution in [3.8, 4) is 0 Å². The Hall–Kier alpha value is -3.34. The number of rotatable bonds is 7. The van der Waals surface area contributed by atoms with Gasteiger partial charge in [0, 0.05) is 24.9 Å². The molecule has 0 aliphatic heterocycles. The first-order chi connectivity index (χ1) is 16.7. The van der Waals surface area contributed by atoms with Gasteiger partial charge in [-0.15, -0.1) is 0 Å². The van der Waals surface area contributed by atoms with Gasteiger partial charge in [-0.1, -0.05) is 23.5 Å². The van der Waals surface area contributed by atoms with Crippen LogP contribution in [0.3, 0.4) is 0 Å². The molecule has 7 nitrogen and oxygen atoms in total. The first-order valence-corrected chi connectivity index (χ1v) is 13.0. The fourth-order valence-corrected chi connectivity index (χ4v) is 5.85. The molecule has 0 radical (unpaired) electrons. The number of aromatic nitrogens is 1. The highest BCUT2D eigenvalue weighted by Crippen LogP contribution is 2.24. The Balaban J connectivity index is 1.69. The molecule has 0 fully saturated rings. The molecule has 0 saturated heterocycles. The number of sulfonamides is 1. The van der Waals surface area contributed by atoms with Gasteiger partial charge in [0.1, 0.15) is 5.82 Å². The second-order valence-electron chi connectivity index (χ2n) is 8.02. The Morgan fingerprint density at radius 1 is 1.11 bits per heavy atom. The van der Waals surface area contributed by atoms with Crippen molar-refractivity contribution in [2.24, 2.45) is 4.99 Å². The van der Waals surface area contributed by atoms with Crippen molar-refractivity contribution in [3.63, 3.8) is 0 Å². The molecule has 3 aromatic carbocycles.